The summed E-state index contributed by atoms with van der Waals surface area (Å²) >= 11 is 0. The van der Waals surface area contributed by atoms with Crippen LogP contribution in [0.4, 0.5) is 8.78 Å². The van der Waals surface area contributed by atoms with Gasteiger partial charge >= 0.3 is 5.97 Å². The van der Waals surface area contributed by atoms with Gasteiger partial charge in [0.15, 0.2) is 22.9 Å². The zero-order valence-corrected chi connectivity index (χ0v) is 14.3. The van der Waals surface area contributed by atoms with E-state index in [1.54, 1.807) is 0 Å². The number of hydrogen-bond acceptors (Lipinski definition) is 4. The molecule has 142 valence electrons. The van der Waals surface area contributed by atoms with Gasteiger partial charge in [0.1, 0.15) is 5.69 Å². The highest BCUT2D eigenvalue weighted by Gasteiger charge is 2.45. The molecule has 1 amide bonds. The van der Waals surface area contributed by atoms with Crippen LogP contribution in [0.1, 0.15) is 34.6 Å². The molecule has 1 aliphatic carbocycles. The van der Waals surface area contributed by atoms with E-state index in [0.29, 0.717) is 24.1 Å². The van der Waals surface area contributed by atoms with Crippen LogP contribution in [0.15, 0.2) is 18.2 Å². The Hall–Kier alpha value is -2.81. The number of amides is 1. The Labute approximate surface area is 152 Å². The number of carbonyl (C=O) groups is 2. The van der Waals surface area contributed by atoms with E-state index in [1.165, 1.54) is 16.8 Å². The van der Waals surface area contributed by atoms with Crippen LogP contribution in [0, 0.1) is 11.6 Å². The number of rotatable bonds is 4. The van der Waals surface area contributed by atoms with Crippen molar-refractivity contribution in [1.29, 1.82) is 0 Å². The molecule has 0 saturated carbocycles. The number of ether oxygens (including phenoxy) is 1. The number of halogens is 2. The Morgan fingerprint density at radius 1 is 1.30 bits per heavy atom. The molecule has 2 N–H and O–H groups in total. The Kier molecular flexibility index (Phi) is 4.18. The largest absolute Gasteiger partial charge is 0.479 e. The first-order valence-corrected chi connectivity index (χ1v) is 8.62. The summed E-state index contributed by atoms with van der Waals surface area (Å²) in [4.78, 5) is 24.4. The molecule has 1 fully saturated rings. The fourth-order valence-corrected chi connectivity index (χ4v) is 3.64. The summed E-state index contributed by atoms with van der Waals surface area (Å²) in [5.41, 5.74) is -0.272. The molecular formula is C18H17F2N3O4. The highest BCUT2D eigenvalue weighted by atomic mass is 19.2. The van der Waals surface area contributed by atoms with Crippen molar-refractivity contribution >= 4 is 11.9 Å². The third-order valence-electron chi connectivity index (χ3n) is 5.09. The van der Waals surface area contributed by atoms with Gasteiger partial charge in [-0.2, -0.15) is 5.10 Å². The standard InChI is InChI=1S/C18H17F2N3O4/c19-11-4-2-6-13(14(11)20)23-12-5-1-3-10(12)15(22-23)16(24)21-18(17(25)26)7-8-27-9-18/h2,4,6H,1,3,5,7-9H2,(H,21,24)(H,25,26). The molecule has 1 saturated heterocycles. The van der Waals surface area contributed by atoms with E-state index in [9.17, 15) is 23.5 Å². The number of carboxylic acid groups (broad SMARTS) is 1. The van der Waals surface area contributed by atoms with Gasteiger partial charge in [0.2, 0.25) is 0 Å². The van der Waals surface area contributed by atoms with Crippen LogP contribution < -0.4 is 5.32 Å². The molecule has 1 atom stereocenters. The van der Waals surface area contributed by atoms with Gasteiger partial charge in [0.05, 0.1) is 6.61 Å². The lowest BCUT2D eigenvalue weighted by molar-refractivity contribution is -0.144. The van der Waals surface area contributed by atoms with Crippen LogP contribution in [0.25, 0.3) is 5.69 Å². The molecule has 1 aliphatic heterocycles. The summed E-state index contributed by atoms with van der Waals surface area (Å²) in [7, 11) is 0. The predicted molar refractivity (Wildman–Crippen MR) is 88.8 cm³/mol. The van der Waals surface area contributed by atoms with Gasteiger partial charge in [0, 0.05) is 24.3 Å². The van der Waals surface area contributed by atoms with Crippen LogP contribution >= 0.6 is 0 Å². The van der Waals surface area contributed by atoms with Gasteiger partial charge < -0.3 is 15.2 Å². The Bertz CT molecular complexity index is 935. The number of carboxylic acids is 1. The average molecular weight is 377 g/mol. The predicted octanol–water partition coefficient (Wildman–Crippen LogP) is 1.61. The van der Waals surface area contributed by atoms with E-state index in [0.717, 1.165) is 12.5 Å². The number of hydrogen-bond donors (Lipinski definition) is 2. The molecule has 0 radical (unpaired) electrons. The Morgan fingerprint density at radius 2 is 2.11 bits per heavy atom. The molecule has 2 heterocycles. The van der Waals surface area contributed by atoms with Crippen molar-refractivity contribution in [3.8, 4) is 5.69 Å². The second-order valence-electron chi connectivity index (χ2n) is 6.76. The molecule has 9 heteroatoms. The second-order valence-corrected chi connectivity index (χ2v) is 6.76. The number of nitrogens with zero attached hydrogens (tertiary/aromatic N) is 2. The zero-order chi connectivity index (χ0) is 19.2. The van der Waals surface area contributed by atoms with Crippen molar-refractivity contribution in [3.05, 3.63) is 46.8 Å². The van der Waals surface area contributed by atoms with E-state index in [2.05, 4.69) is 10.4 Å². The smallest absolute Gasteiger partial charge is 0.331 e. The number of carbonyl (C=O) groups excluding carboxylic acids is 1. The van der Waals surface area contributed by atoms with Crippen molar-refractivity contribution in [2.24, 2.45) is 0 Å². The lowest BCUT2D eigenvalue weighted by Crippen LogP contribution is -2.55. The Morgan fingerprint density at radius 3 is 2.81 bits per heavy atom. The maximum absolute atomic E-state index is 14.2. The summed E-state index contributed by atoms with van der Waals surface area (Å²) in [5.74, 6) is -3.89. The van der Waals surface area contributed by atoms with Crippen molar-refractivity contribution < 1.29 is 28.2 Å². The fourth-order valence-electron chi connectivity index (χ4n) is 3.64. The maximum atomic E-state index is 14.2. The minimum Gasteiger partial charge on any atom is -0.479 e. The van der Waals surface area contributed by atoms with Crippen LogP contribution in [-0.4, -0.2) is 45.5 Å². The molecule has 1 aromatic carbocycles. The van der Waals surface area contributed by atoms with Crippen LogP contribution in [0.3, 0.4) is 0 Å². The van der Waals surface area contributed by atoms with Crippen LogP contribution in [0.2, 0.25) is 0 Å². The third kappa shape index (κ3) is 2.78. The first-order valence-electron chi connectivity index (χ1n) is 8.62. The molecule has 0 bridgehead atoms. The normalized spacial score (nSPS) is 21.3. The molecule has 27 heavy (non-hydrogen) atoms. The van der Waals surface area contributed by atoms with Gasteiger partial charge in [-0.1, -0.05) is 6.07 Å². The average Bonchev–Trinajstić information content (AvgIpc) is 3.34. The summed E-state index contributed by atoms with van der Waals surface area (Å²) < 4.78 is 34.2. The molecule has 7 nitrogen and oxygen atoms in total. The first-order chi connectivity index (χ1) is 12.9. The summed E-state index contributed by atoms with van der Waals surface area (Å²) in [5, 5.41) is 16.2. The highest BCUT2D eigenvalue weighted by molar-refractivity contribution is 5.98. The van der Waals surface area contributed by atoms with E-state index in [4.69, 9.17) is 4.74 Å². The zero-order valence-electron chi connectivity index (χ0n) is 14.3. The lowest BCUT2D eigenvalue weighted by Gasteiger charge is -2.23. The number of aliphatic carboxylic acids is 1. The molecule has 2 aromatic rings. The SMILES string of the molecule is O=C(NC1(C(=O)O)CCOC1)c1nn(-c2cccc(F)c2F)c2c1CCC2. The second kappa shape index (κ2) is 6.41. The van der Waals surface area contributed by atoms with E-state index in [-0.39, 0.29) is 31.0 Å². The molecule has 2 aliphatic rings. The molecular weight excluding hydrogens is 360 g/mol. The Balaban J connectivity index is 1.73. The van der Waals surface area contributed by atoms with Gasteiger partial charge in [0.25, 0.3) is 5.91 Å². The minimum absolute atomic E-state index is 0.0405. The number of benzene rings is 1. The summed E-state index contributed by atoms with van der Waals surface area (Å²) in [6, 6.07) is 3.76. The van der Waals surface area contributed by atoms with Crippen LogP contribution in [0.5, 0.6) is 0 Å². The summed E-state index contributed by atoms with van der Waals surface area (Å²) in [6.07, 6.45) is 2.03. The maximum Gasteiger partial charge on any atom is 0.331 e. The van der Waals surface area contributed by atoms with Crippen molar-refractivity contribution in [3.63, 3.8) is 0 Å². The molecule has 1 aromatic heterocycles. The van der Waals surface area contributed by atoms with Crippen LogP contribution in [-0.2, 0) is 22.4 Å². The van der Waals surface area contributed by atoms with Crippen molar-refractivity contribution in [1.82, 2.24) is 15.1 Å². The minimum atomic E-state index is -1.50. The first kappa shape index (κ1) is 17.6. The number of fused-ring (bicyclic) bond motifs is 1. The van der Waals surface area contributed by atoms with Crippen molar-refractivity contribution in [2.45, 2.75) is 31.2 Å². The van der Waals surface area contributed by atoms with Gasteiger partial charge in [-0.25, -0.2) is 18.3 Å². The quantitative estimate of drug-likeness (QED) is 0.845. The summed E-state index contributed by atoms with van der Waals surface area (Å²) in [6.45, 7) is 0.100. The lowest BCUT2D eigenvalue weighted by atomic mass is 9.98. The third-order valence-corrected chi connectivity index (χ3v) is 5.09. The van der Waals surface area contributed by atoms with Gasteiger partial charge in [-0.05, 0) is 31.4 Å². The van der Waals surface area contributed by atoms with E-state index in [1.807, 2.05) is 0 Å². The molecule has 4 rings (SSSR count). The van der Waals surface area contributed by atoms with E-state index < -0.39 is 29.0 Å². The van der Waals surface area contributed by atoms with E-state index >= 15 is 0 Å². The molecule has 0 spiro atoms. The fraction of sp³-hybridized carbons (Fsp3) is 0.389. The number of aromatic nitrogens is 2. The van der Waals surface area contributed by atoms with Gasteiger partial charge in [-0.15, -0.1) is 0 Å². The highest BCUT2D eigenvalue weighted by Crippen LogP contribution is 2.30. The van der Waals surface area contributed by atoms with Gasteiger partial charge in [-0.3, -0.25) is 4.79 Å². The van der Waals surface area contributed by atoms with Crippen molar-refractivity contribution in [2.75, 3.05) is 13.2 Å². The molecule has 1 unspecified atom stereocenters. The topological polar surface area (TPSA) is 93.5 Å². The monoisotopic (exact) mass is 377 g/mol. The number of nitrogens with one attached hydrogen (secondary N) is 1.